The maximum atomic E-state index is 12.0. The van der Waals surface area contributed by atoms with E-state index in [1.54, 1.807) is 23.7 Å². The monoisotopic (exact) mass is 291 g/mol. The molecule has 0 spiro atoms. The van der Waals surface area contributed by atoms with Gasteiger partial charge in [-0.1, -0.05) is 6.92 Å². The number of amides is 1. The molecular weight excluding hydrogens is 274 g/mol. The summed E-state index contributed by atoms with van der Waals surface area (Å²) in [5.41, 5.74) is 0.312. The van der Waals surface area contributed by atoms with Crippen LogP contribution in [0.5, 0.6) is 0 Å². The Hall–Kier alpha value is -2.02. The van der Waals surface area contributed by atoms with Crippen molar-refractivity contribution in [2.45, 2.75) is 26.8 Å². The summed E-state index contributed by atoms with van der Waals surface area (Å²) in [5.74, 6) is 0.386. The van der Waals surface area contributed by atoms with Crippen LogP contribution in [0.15, 0.2) is 18.6 Å². The van der Waals surface area contributed by atoms with Gasteiger partial charge in [-0.3, -0.25) is 9.78 Å². The lowest BCUT2D eigenvalue weighted by Gasteiger charge is -2.06. The van der Waals surface area contributed by atoms with E-state index in [9.17, 15) is 4.79 Å². The Kier molecular flexibility index (Phi) is 5.00. The molecule has 1 amide bonds. The zero-order chi connectivity index (χ0) is 14.4. The first-order chi connectivity index (χ1) is 9.69. The molecule has 7 heteroatoms. The van der Waals surface area contributed by atoms with Gasteiger partial charge in [-0.25, -0.2) is 9.97 Å². The molecule has 2 rings (SSSR count). The van der Waals surface area contributed by atoms with Gasteiger partial charge >= 0.3 is 0 Å². The highest BCUT2D eigenvalue weighted by Gasteiger charge is 2.09. The number of aromatic nitrogens is 3. The quantitative estimate of drug-likeness (QED) is 0.851. The van der Waals surface area contributed by atoms with Crippen molar-refractivity contribution in [2.24, 2.45) is 0 Å². The third kappa shape index (κ3) is 3.99. The third-order valence-electron chi connectivity index (χ3n) is 2.52. The molecule has 106 valence electrons. The molecule has 2 heterocycles. The number of rotatable bonds is 6. The fourth-order valence-corrected chi connectivity index (χ4v) is 2.29. The van der Waals surface area contributed by atoms with Gasteiger partial charge in [0.2, 0.25) is 0 Å². The summed E-state index contributed by atoms with van der Waals surface area (Å²) >= 11 is 1.56. The van der Waals surface area contributed by atoms with Crippen LogP contribution in [0.4, 0.5) is 5.82 Å². The van der Waals surface area contributed by atoms with Gasteiger partial charge in [0, 0.05) is 17.6 Å². The van der Waals surface area contributed by atoms with Crippen molar-refractivity contribution in [2.75, 3.05) is 11.9 Å². The van der Waals surface area contributed by atoms with Crippen LogP contribution in [0.2, 0.25) is 0 Å². The number of aryl methyl sites for hydroxylation is 1. The van der Waals surface area contributed by atoms with E-state index in [4.69, 9.17) is 0 Å². The predicted molar refractivity (Wildman–Crippen MR) is 78.8 cm³/mol. The van der Waals surface area contributed by atoms with Crippen molar-refractivity contribution in [1.82, 2.24) is 20.3 Å². The van der Waals surface area contributed by atoms with E-state index in [0.717, 1.165) is 22.9 Å². The Morgan fingerprint density at radius 2 is 2.20 bits per heavy atom. The number of carbonyl (C=O) groups is 1. The molecule has 0 aliphatic rings. The topological polar surface area (TPSA) is 79.8 Å². The predicted octanol–water partition coefficient (Wildman–Crippen LogP) is 1.99. The molecule has 2 N–H and O–H groups in total. The number of thiazole rings is 1. The smallest absolute Gasteiger partial charge is 0.271 e. The summed E-state index contributed by atoms with van der Waals surface area (Å²) in [6, 6.07) is 0. The molecule has 0 fully saturated rings. The molecular formula is C13H17N5OS. The number of nitrogens with zero attached hydrogens (tertiary/aromatic N) is 3. The van der Waals surface area contributed by atoms with Gasteiger partial charge in [0.1, 0.15) is 11.5 Å². The highest BCUT2D eigenvalue weighted by Crippen LogP contribution is 2.11. The average Bonchev–Trinajstić information content (AvgIpc) is 2.88. The van der Waals surface area contributed by atoms with Crippen molar-refractivity contribution in [3.05, 3.63) is 34.2 Å². The Morgan fingerprint density at radius 3 is 2.90 bits per heavy atom. The van der Waals surface area contributed by atoms with E-state index in [1.165, 1.54) is 6.20 Å². The number of hydrogen-bond acceptors (Lipinski definition) is 6. The molecule has 0 aliphatic heterocycles. The van der Waals surface area contributed by atoms with E-state index < -0.39 is 0 Å². The first-order valence-corrected chi connectivity index (χ1v) is 7.26. The van der Waals surface area contributed by atoms with E-state index in [-0.39, 0.29) is 5.91 Å². The summed E-state index contributed by atoms with van der Waals surface area (Å²) in [4.78, 5) is 25.4. The van der Waals surface area contributed by atoms with Gasteiger partial charge in [-0.15, -0.1) is 11.3 Å². The average molecular weight is 291 g/mol. The van der Waals surface area contributed by atoms with Crippen LogP contribution >= 0.6 is 11.3 Å². The summed E-state index contributed by atoms with van der Waals surface area (Å²) in [6.45, 7) is 5.26. The minimum absolute atomic E-state index is 0.233. The Labute approximate surface area is 121 Å². The van der Waals surface area contributed by atoms with Gasteiger partial charge in [0.15, 0.2) is 0 Å². The van der Waals surface area contributed by atoms with E-state index in [0.29, 0.717) is 18.1 Å². The molecule has 0 aliphatic carbocycles. The van der Waals surface area contributed by atoms with Crippen molar-refractivity contribution < 1.29 is 4.79 Å². The Bertz CT molecular complexity index is 584. The molecule has 0 bridgehead atoms. The minimum Gasteiger partial charge on any atom is -0.369 e. The van der Waals surface area contributed by atoms with Crippen molar-refractivity contribution >= 4 is 23.1 Å². The maximum absolute atomic E-state index is 12.0. The zero-order valence-corrected chi connectivity index (χ0v) is 12.3. The normalized spacial score (nSPS) is 10.3. The lowest BCUT2D eigenvalue weighted by molar-refractivity contribution is 0.0946. The molecule has 6 nitrogen and oxygen atoms in total. The number of anilines is 1. The molecule has 2 aromatic heterocycles. The van der Waals surface area contributed by atoms with E-state index in [2.05, 4.69) is 32.5 Å². The number of nitrogens with one attached hydrogen (secondary N) is 2. The minimum atomic E-state index is -0.233. The highest BCUT2D eigenvalue weighted by atomic mass is 32.1. The van der Waals surface area contributed by atoms with Crippen LogP contribution in [-0.4, -0.2) is 27.4 Å². The van der Waals surface area contributed by atoms with Crippen LogP contribution in [0, 0.1) is 6.92 Å². The Morgan fingerprint density at radius 1 is 1.35 bits per heavy atom. The fourth-order valence-electron chi connectivity index (χ4n) is 1.56. The van der Waals surface area contributed by atoms with Crippen molar-refractivity contribution in [3.63, 3.8) is 0 Å². The molecule has 0 saturated heterocycles. The summed E-state index contributed by atoms with van der Waals surface area (Å²) < 4.78 is 0. The molecule has 0 radical (unpaired) electrons. The fraction of sp³-hybridized carbons (Fsp3) is 0.385. The van der Waals surface area contributed by atoms with Gasteiger partial charge in [-0.05, 0) is 13.3 Å². The SMILES string of the molecule is CCCNc1cncc(C(=O)NCc2cnc(C)s2)n1. The zero-order valence-electron chi connectivity index (χ0n) is 11.5. The summed E-state index contributed by atoms with van der Waals surface area (Å²) in [6.07, 6.45) is 5.83. The maximum Gasteiger partial charge on any atom is 0.271 e. The second kappa shape index (κ2) is 6.95. The summed E-state index contributed by atoms with van der Waals surface area (Å²) in [5, 5.41) is 6.90. The molecule has 0 saturated carbocycles. The van der Waals surface area contributed by atoms with Crippen LogP contribution in [0.25, 0.3) is 0 Å². The van der Waals surface area contributed by atoms with Crippen molar-refractivity contribution in [3.8, 4) is 0 Å². The van der Waals surface area contributed by atoms with Gasteiger partial charge in [-0.2, -0.15) is 0 Å². The first-order valence-electron chi connectivity index (χ1n) is 6.44. The molecule has 0 unspecified atom stereocenters. The highest BCUT2D eigenvalue weighted by molar-refractivity contribution is 7.11. The van der Waals surface area contributed by atoms with Crippen LogP contribution in [0.1, 0.15) is 33.7 Å². The number of carbonyl (C=O) groups excluding carboxylic acids is 1. The van der Waals surface area contributed by atoms with Crippen LogP contribution in [0.3, 0.4) is 0 Å². The van der Waals surface area contributed by atoms with Crippen LogP contribution < -0.4 is 10.6 Å². The first kappa shape index (κ1) is 14.4. The van der Waals surface area contributed by atoms with E-state index in [1.807, 2.05) is 6.92 Å². The largest absolute Gasteiger partial charge is 0.369 e. The van der Waals surface area contributed by atoms with Crippen molar-refractivity contribution in [1.29, 1.82) is 0 Å². The summed E-state index contributed by atoms with van der Waals surface area (Å²) in [7, 11) is 0. The third-order valence-corrected chi connectivity index (χ3v) is 3.43. The molecule has 2 aromatic rings. The van der Waals surface area contributed by atoms with Crippen LogP contribution in [-0.2, 0) is 6.54 Å². The lowest BCUT2D eigenvalue weighted by Crippen LogP contribution is -2.24. The molecule has 0 aromatic carbocycles. The van der Waals surface area contributed by atoms with Gasteiger partial charge < -0.3 is 10.6 Å². The van der Waals surface area contributed by atoms with Gasteiger partial charge in [0.25, 0.3) is 5.91 Å². The van der Waals surface area contributed by atoms with E-state index >= 15 is 0 Å². The second-order valence-corrected chi connectivity index (χ2v) is 5.56. The standard InChI is InChI=1S/C13H17N5OS/c1-3-4-15-12-8-14-7-11(18-12)13(19)17-6-10-5-16-9(2)20-10/h5,7-8H,3-4,6H2,1-2H3,(H,15,18)(H,17,19). The van der Waals surface area contributed by atoms with Gasteiger partial charge in [0.05, 0.1) is 23.9 Å². The molecule has 0 atom stereocenters. The Balaban J connectivity index is 1.94. The second-order valence-electron chi connectivity index (χ2n) is 4.24. The lowest BCUT2D eigenvalue weighted by atomic mass is 10.4. The molecule has 20 heavy (non-hydrogen) atoms. The number of hydrogen-bond donors (Lipinski definition) is 2.